The van der Waals surface area contributed by atoms with E-state index >= 15 is 0 Å². The van der Waals surface area contributed by atoms with E-state index in [0.29, 0.717) is 25.9 Å². The summed E-state index contributed by atoms with van der Waals surface area (Å²) in [5.74, 6) is -1.10. The average molecular weight is 574 g/mol. The van der Waals surface area contributed by atoms with Gasteiger partial charge in [-0.2, -0.15) is 0 Å². The van der Waals surface area contributed by atoms with Crippen molar-refractivity contribution in [2.24, 2.45) is 5.92 Å². The third-order valence-corrected chi connectivity index (χ3v) is 13.2. The molecule has 218 valence electrons. The smallest absolute Gasteiger partial charge is 0.416 e. The van der Waals surface area contributed by atoms with Crippen LogP contribution in [-0.4, -0.2) is 55.7 Å². The van der Waals surface area contributed by atoms with Gasteiger partial charge in [0.2, 0.25) is 5.91 Å². The number of amides is 2. The molecule has 0 radical (unpaired) electrons. The Morgan fingerprint density at radius 2 is 1.49 bits per heavy atom. The first-order chi connectivity index (χ1) is 19.6. The number of aliphatic hydroxyl groups excluding tert-OH is 1. The summed E-state index contributed by atoms with van der Waals surface area (Å²) in [6, 6.07) is 30.4. The predicted molar refractivity (Wildman–Crippen MR) is 165 cm³/mol. The predicted octanol–water partition coefficient (Wildman–Crippen LogP) is 5.32. The third kappa shape index (κ3) is 6.97. The van der Waals surface area contributed by atoms with Crippen LogP contribution in [0.4, 0.5) is 4.79 Å². The van der Waals surface area contributed by atoms with Gasteiger partial charge in [0, 0.05) is 6.61 Å². The fourth-order valence-electron chi connectivity index (χ4n) is 5.84. The highest BCUT2D eigenvalue weighted by Crippen LogP contribution is 2.37. The van der Waals surface area contributed by atoms with Crippen molar-refractivity contribution >= 4 is 30.7 Å². The topological polar surface area (TPSA) is 76.1 Å². The van der Waals surface area contributed by atoms with Crippen molar-refractivity contribution in [2.45, 2.75) is 70.6 Å². The summed E-state index contributed by atoms with van der Waals surface area (Å²) < 4.78 is 12.2. The van der Waals surface area contributed by atoms with Crippen molar-refractivity contribution in [3.05, 3.63) is 96.6 Å². The van der Waals surface area contributed by atoms with Crippen LogP contribution in [0.3, 0.4) is 0 Å². The summed E-state index contributed by atoms with van der Waals surface area (Å²) in [5.41, 5.74) is 1.03. The molecule has 0 aliphatic carbocycles. The molecule has 1 aliphatic heterocycles. The van der Waals surface area contributed by atoms with E-state index in [-0.39, 0.29) is 23.6 Å². The molecule has 1 saturated heterocycles. The molecule has 0 saturated carbocycles. The third-order valence-electron chi connectivity index (χ3n) is 8.11. The molecule has 2 amide bonds. The van der Waals surface area contributed by atoms with E-state index in [1.165, 1.54) is 15.3 Å². The Hall–Kier alpha value is -3.26. The second-order valence-corrected chi connectivity index (χ2v) is 16.3. The maximum absolute atomic E-state index is 13.3. The number of cyclic esters (lactones) is 1. The summed E-state index contributed by atoms with van der Waals surface area (Å²) >= 11 is 0. The summed E-state index contributed by atoms with van der Waals surface area (Å²) in [6.45, 7) is 9.18. The van der Waals surface area contributed by atoms with Gasteiger partial charge < -0.3 is 14.3 Å². The minimum absolute atomic E-state index is 0.100. The van der Waals surface area contributed by atoms with E-state index in [2.05, 4.69) is 69.3 Å². The van der Waals surface area contributed by atoms with Crippen LogP contribution in [0.2, 0.25) is 5.04 Å². The van der Waals surface area contributed by atoms with Crippen molar-refractivity contribution in [3.63, 3.8) is 0 Å². The number of unbranched alkanes of at least 4 members (excludes halogenated alkanes) is 1. The number of rotatable bonds is 12. The van der Waals surface area contributed by atoms with Crippen LogP contribution < -0.4 is 10.4 Å². The Kier molecular flexibility index (Phi) is 10.2. The maximum atomic E-state index is 13.3. The molecule has 4 rings (SSSR count). The normalized spacial score (nSPS) is 17.2. The molecule has 3 aromatic rings. The highest BCUT2D eigenvalue weighted by atomic mass is 28.4. The van der Waals surface area contributed by atoms with Gasteiger partial charge in [-0.1, -0.05) is 119 Å². The van der Waals surface area contributed by atoms with Crippen LogP contribution in [-0.2, 0) is 20.4 Å². The van der Waals surface area contributed by atoms with Crippen LogP contribution in [0.5, 0.6) is 0 Å². The van der Waals surface area contributed by atoms with E-state index in [4.69, 9.17) is 9.16 Å². The largest absolute Gasteiger partial charge is 0.447 e. The van der Waals surface area contributed by atoms with E-state index in [0.717, 1.165) is 12.0 Å². The number of nitrogens with zero attached hydrogens (tertiary/aromatic N) is 1. The number of benzene rings is 3. The maximum Gasteiger partial charge on any atom is 0.416 e. The molecular formula is C34H43NO5Si. The fourth-order valence-corrected chi connectivity index (χ4v) is 10.4. The van der Waals surface area contributed by atoms with Crippen molar-refractivity contribution < 1.29 is 23.9 Å². The van der Waals surface area contributed by atoms with Gasteiger partial charge in [0.15, 0.2) is 0 Å². The molecule has 41 heavy (non-hydrogen) atoms. The molecule has 0 bridgehead atoms. The zero-order valence-electron chi connectivity index (χ0n) is 24.7. The molecule has 0 aromatic heterocycles. The summed E-state index contributed by atoms with van der Waals surface area (Å²) in [6.07, 6.45) is 0.943. The molecule has 1 aliphatic rings. The summed E-state index contributed by atoms with van der Waals surface area (Å²) in [5, 5.41) is 13.3. The number of carbonyl (C=O) groups excluding carboxylic acids is 2. The van der Waals surface area contributed by atoms with Gasteiger partial charge in [-0.3, -0.25) is 4.79 Å². The summed E-state index contributed by atoms with van der Waals surface area (Å²) in [4.78, 5) is 26.9. The van der Waals surface area contributed by atoms with E-state index < -0.39 is 26.4 Å². The zero-order valence-corrected chi connectivity index (χ0v) is 25.7. The van der Waals surface area contributed by atoms with Crippen LogP contribution in [0.15, 0.2) is 91.0 Å². The van der Waals surface area contributed by atoms with Crippen molar-refractivity contribution in [2.75, 3.05) is 13.2 Å². The molecule has 1 heterocycles. The quantitative estimate of drug-likeness (QED) is 0.235. The van der Waals surface area contributed by atoms with Gasteiger partial charge in [-0.15, -0.1) is 0 Å². The molecule has 6 nitrogen and oxygen atoms in total. The molecule has 0 unspecified atom stereocenters. The first-order valence-corrected chi connectivity index (χ1v) is 16.5. The van der Waals surface area contributed by atoms with E-state index in [1.807, 2.05) is 42.5 Å². The standard InChI is InChI=1S/C34H43NO5Si/c1-26(32(37)35-28(25-39-33(35)38)24-27-16-8-5-9-17-27)31(36)22-14-15-23-40-41(34(2,3)4,29-18-10-6-11-19-29)30-20-12-7-13-21-30/h5-13,16-21,26,28,31,36H,14-15,22-25H2,1-4H3/t26-,28-,31+/m0/s1. The van der Waals surface area contributed by atoms with Crippen molar-refractivity contribution in [1.29, 1.82) is 0 Å². The van der Waals surface area contributed by atoms with Crippen LogP contribution >= 0.6 is 0 Å². The van der Waals surface area contributed by atoms with Crippen molar-refractivity contribution in [3.8, 4) is 0 Å². The number of imide groups is 1. The SMILES string of the molecule is C[C@H](C(=O)N1C(=O)OC[C@@H]1Cc1ccccc1)[C@H](O)CCCCO[Si](c1ccccc1)(c1ccccc1)C(C)(C)C. The molecule has 1 N–H and O–H groups in total. The van der Waals surface area contributed by atoms with Gasteiger partial charge in [0.1, 0.15) is 6.61 Å². The Morgan fingerprint density at radius 1 is 0.951 bits per heavy atom. The molecule has 3 atom stereocenters. The van der Waals surface area contributed by atoms with Gasteiger partial charge in [-0.25, -0.2) is 9.69 Å². The molecule has 3 aromatic carbocycles. The van der Waals surface area contributed by atoms with E-state index in [9.17, 15) is 14.7 Å². The number of carbonyl (C=O) groups is 2. The number of aliphatic hydroxyl groups is 1. The highest BCUT2D eigenvalue weighted by molar-refractivity contribution is 6.99. The first-order valence-electron chi connectivity index (χ1n) is 14.6. The Morgan fingerprint density at radius 3 is 2.02 bits per heavy atom. The highest BCUT2D eigenvalue weighted by Gasteiger charge is 2.50. The molecule has 7 heteroatoms. The van der Waals surface area contributed by atoms with Crippen molar-refractivity contribution in [1.82, 2.24) is 4.90 Å². The minimum atomic E-state index is -2.61. The zero-order chi connectivity index (χ0) is 29.5. The molecule has 1 fully saturated rings. The lowest BCUT2D eigenvalue weighted by Crippen LogP contribution is -2.66. The minimum Gasteiger partial charge on any atom is -0.447 e. The Balaban J connectivity index is 1.36. The van der Waals surface area contributed by atoms with Gasteiger partial charge in [0.25, 0.3) is 8.32 Å². The fraction of sp³-hybridized carbons (Fsp3) is 0.412. The van der Waals surface area contributed by atoms with Crippen LogP contribution in [0.1, 0.15) is 52.5 Å². The lowest BCUT2D eigenvalue weighted by Gasteiger charge is -2.43. The van der Waals surface area contributed by atoms with Gasteiger partial charge in [0.05, 0.1) is 18.1 Å². The molecular weight excluding hydrogens is 530 g/mol. The average Bonchev–Trinajstić information content (AvgIpc) is 3.34. The second kappa shape index (κ2) is 13.6. The second-order valence-electron chi connectivity index (χ2n) is 12.0. The first kappa shape index (κ1) is 30.7. The number of hydrogen-bond donors (Lipinski definition) is 1. The van der Waals surface area contributed by atoms with Crippen LogP contribution in [0, 0.1) is 5.92 Å². The Bertz CT molecular complexity index is 1220. The Labute approximate surface area is 245 Å². The lowest BCUT2D eigenvalue weighted by atomic mass is 9.97. The van der Waals surface area contributed by atoms with Gasteiger partial charge in [-0.05, 0) is 46.7 Å². The summed E-state index contributed by atoms with van der Waals surface area (Å²) in [7, 11) is -2.61. The molecule has 0 spiro atoms. The van der Waals surface area contributed by atoms with Gasteiger partial charge >= 0.3 is 6.09 Å². The number of hydrogen-bond acceptors (Lipinski definition) is 5. The van der Waals surface area contributed by atoms with E-state index in [1.54, 1.807) is 6.92 Å². The monoisotopic (exact) mass is 573 g/mol. The van der Waals surface area contributed by atoms with Crippen LogP contribution in [0.25, 0.3) is 0 Å². The lowest BCUT2D eigenvalue weighted by molar-refractivity contribution is -0.136. The number of ether oxygens (including phenoxy) is 1.